The molecular formula is C16H23F3N2. The van der Waals surface area contributed by atoms with Gasteiger partial charge < -0.3 is 5.32 Å². The molecule has 1 aromatic rings. The third-order valence-corrected chi connectivity index (χ3v) is 4.01. The molecule has 5 heteroatoms. The average Bonchev–Trinajstić information content (AvgIpc) is 3.18. The number of hydrogen-bond donors (Lipinski definition) is 1. The number of nitrogens with one attached hydrogen (secondary N) is 1. The molecule has 1 unspecified atom stereocenters. The van der Waals surface area contributed by atoms with Crippen LogP contribution in [0.2, 0.25) is 0 Å². The Bertz CT molecular complexity index is 481. The molecule has 0 amide bonds. The molecule has 1 atom stereocenters. The number of alkyl halides is 3. The number of halogens is 3. The highest BCUT2D eigenvalue weighted by atomic mass is 19.4. The fourth-order valence-electron chi connectivity index (χ4n) is 2.81. The van der Waals surface area contributed by atoms with Gasteiger partial charge in [0.2, 0.25) is 0 Å². The monoisotopic (exact) mass is 300 g/mol. The van der Waals surface area contributed by atoms with Crippen LogP contribution in [0, 0.1) is 13.8 Å². The van der Waals surface area contributed by atoms with E-state index >= 15 is 0 Å². The lowest BCUT2D eigenvalue weighted by Crippen LogP contribution is -2.41. The number of hydrogen-bond acceptors (Lipinski definition) is 2. The van der Waals surface area contributed by atoms with Gasteiger partial charge in [0.25, 0.3) is 0 Å². The van der Waals surface area contributed by atoms with Gasteiger partial charge in [-0.1, -0.05) is 23.8 Å². The van der Waals surface area contributed by atoms with E-state index in [1.807, 2.05) is 33.0 Å². The molecule has 1 N–H and O–H groups in total. The Morgan fingerprint density at radius 3 is 2.43 bits per heavy atom. The van der Waals surface area contributed by atoms with Gasteiger partial charge in [-0.2, -0.15) is 13.2 Å². The van der Waals surface area contributed by atoms with E-state index in [1.165, 1.54) is 5.56 Å². The first kappa shape index (κ1) is 16.3. The average molecular weight is 300 g/mol. The number of nitrogens with zero attached hydrogens (tertiary/aromatic N) is 1. The standard InChI is InChI=1S/C16H23F3N2/c1-11-4-7-14(12(2)8-11)15(20-3)9-21(13-5-6-13)10-16(17,18)19/h4,7-8,13,15,20H,5-6,9-10H2,1-3H3. The quantitative estimate of drug-likeness (QED) is 0.863. The van der Waals surface area contributed by atoms with Crippen LogP contribution in [0.3, 0.4) is 0 Å². The van der Waals surface area contributed by atoms with Gasteiger partial charge in [-0.15, -0.1) is 0 Å². The van der Waals surface area contributed by atoms with Crippen molar-refractivity contribution in [3.63, 3.8) is 0 Å². The highest BCUT2D eigenvalue weighted by Crippen LogP contribution is 2.32. The number of benzene rings is 1. The summed E-state index contributed by atoms with van der Waals surface area (Å²) in [6, 6.07) is 6.12. The Labute approximate surface area is 124 Å². The van der Waals surface area contributed by atoms with Crippen molar-refractivity contribution in [2.75, 3.05) is 20.1 Å². The van der Waals surface area contributed by atoms with Gasteiger partial charge in [-0.3, -0.25) is 4.90 Å². The van der Waals surface area contributed by atoms with Gasteiger partial charge in [0.1, 0.15) is 0 Å². The van der Waals surface area contributed by atoms with Crippen LogP contribution >= 0.6 is 0 Å². The summed E-state index contributed by atoms with van der Waals surface area (Å²) in [5, 5.41) is 3.17. The van der Waals surface area contributed by atoms with E-state index in [-0.39, 0.29) is 12.1 Å². The summed E-state index contributed by atoms with van der Waals surface area (Å²) >= 11 is 0. The highest BCUT2D eigenvalue weighted by Gasteiger charge is 2.38. The van der Waals surface area contributed by atoms with Gasteiger partial charge in [0.15, 0.2) is 0 Å². The van der Waals surface area contributed by atoms with Crippen molar-refractivity contribution in [3.8, 4) is 0 Å². The Hall–Kier alpha value is -1.07. The molecular weight excluding hydrogens is 277 g/mol. The van der Waals surface area contributed by atoms with E-state index in [0.717, 1.165) is 24.0 Å². The second-order valence-corrected chi connectivity index (χ2v) is 5.98. The van der Waals surface area contributed by atoms with E-state index < -0.39 is 12.7 Å². The molecule has 0 aliphatic heterocycles. The molecule has 1 aliphatic rings. The molecule has 1 fully saturated rings. The van der Waals surface area contributed by atoms with Crippen molar-refractivity contribution in [2.45, 2.75) is 44.9 Å². The highest BCUT2D eigenvalue weighted by molar-refractivity contribution is 5.33. The van der Waals surface area contributed by atoms with E-state index in [2.05, 4.69) is 11.4 Å². The molecule has 0 saturated heterocycles. The van der Waals surface area contributed by atoms with Crippen molar-refractivity contribution < 1.29 is 13.2 Å². The van der Waals surface area contributed by atoms with Crippen molar-refractivity contribution >= 4 is 0 Å². The SMILES string of the molecule is CNC(CN(CC(F)(F)F)C1CC1)c1ccc(C)cc1C. The van der Waals surface area contributed by atoms with E-state index in [4.69, 9.17) is 0 Å². The molecule has 0 bridgehead atoms. The first-order valence-corrected chi connectivity index (χ1v) is 7.35. The van der Waals surface area contributed by atoms with Crippen LogP contribution in [-0.2, 0) is 0 Å². The first-order chi connectivity index (χ1) is 9.80. The summed E-state index contributed by atoms with van der Waals surface area (Å²) < 4.78 is 38.2. The van der Waals surface area contributed by atoms with Crippen LogP contribution in [0.1, 0.15) is 35.6 Å². The van der Waals surface area contributed by atoms with Crippen LogP contribution in [-0.4, -0.2) is 37.3 Å². The van der Waals surface area contributed by atoms with Crippen molar-refractivity contribution in [1.29, 1.82) is 0 Å². The predicted octanol–water partition coefficient (Wildman–Crippen LogP) is 3.59. The Morgan fingerprint density at radius 2 is 1.95 bits per heavy atom. The van der Waals surface area contributed by atoms with Gasteiger partial charge in [-0.05, 0) is 44.9 Å². The van der Waals surface area contributed by atoms with Crippen LogP contribution in [0.15, 0.2) is 18.2 Å². The second kappa shape index (κ2) is 6.36. The van der Waals surface area contributed by atoms with E-state index in [1.54, 1.807) is 4.90 Å². The molecule has 2 nitrogen and oxygen atoms in total. The zero-order valence-corrected chi connectivity index (χ0v) is 12.8. The third kappa shape index (κ3) is 4.71. The number of likely N-dealkylation sites (N-methyl/N-ethyl adjacent to an activating group) is 1. The van der Waals surface area contributed by atoms with Gasteiger partial charge in [0, 0.05) is 18.6 Å². The molecule has 1 aromatic carbocycles. The Morgan fingerprint density at radius 1 is 1.29 bits per heavy atom. The third-order valence-electron chi connectivity index (χ3n) is 4.01. The van der Waals surface area contributed by atoms with Crippen molar-refractivity contribution in [3.05, 3.63) is 34.9 Å². The van der Waals surface area contributed by atoms with E-state index in [9.17, 15) is 13.2 Å². The maximum absolute atomic E-state index is 12.7. The molecule has 1 aliphatic carbocycles. The molecule has 0 aromatic heterocycles. The Balaban J connectivity index is 2.12. The summed E-state index contributed by atoms with van der Waals surface area (Å²) in [5.74, 6) is 0. The van der Waals surface area contributed by atoms with Crippen molar-refractivity contribution in [1.82, 2.24) is 10.2 Å². The summed E-state index contributed by atoms with van der Waals surface area (Å²) in [5.41, 5.74) is 3.37. The number of rotatable bonds is 6. The number of aryl methyl sites for hydroxylation is 2. The minimum Gasteiger partial charge on any atom is -0.312 e. The predicted molar refractivity (Wildman–Crippen MR) is 78.4 cm³/mol. The lowest BCUT2D eigenvalue weighted by Gasteiger charge is -2.29. The Kier molecular flexibility index (Phi) is 4.94. The van der Waals surface area contributed by atoms with E-state index in [0.29, 0.717) is 6.54 Å². The summed E-state index contributed by atoms with van der Waals surface area (Å²) in [6.07, 6.45) is -2.39. The molecule has 118 valence electrons. The fraction of sp³-hybridized carbons (Fsp3) is 0.625. The minimum atomic E-state index is -4.14. The minimum absolute atomic E-state index is 0.0754. The van der Waals surface area contributed by atoms with Crippen molar-refractivity contribution in [2.24, 2.45) is 0 Å². The van der Waals surface area contributed by atoms with Gasteiger partial charge in [0.05, 0.1) is 6.54 Å². The zero-order chi connectivity index (χ0) is 15.6. The maximum Gasteiger partial charge on any atom is 0.401 e. The summed E-state index contributed by atoms with van der Waals surface area (Å²) in [6.45, 7) is 3.61. The van der Waals surface area contributed by atoms with Crippen LogP contribution in [0.4, 0.5) is 13.2 Å². The second-order valence-electron chi connectivity index (χ2n) is 5.98. The summed E-state index contributed by atoms with van der Waals surface area (Å²) in [4.78, 5) is 1.57. The van der Waals surface area contributed by atoms with Crippen LogP contribution in [0.5, 0.6) is 0 Å². The van der Waals surface area contributed by atoms with Crippen LogP contribution < -0.4 is 5.32 Å². The largest absolute Gasteiger partial charge is 0.401 e. The van der Waals surface area contributed by atoms with Gasteiger partial charge in [-0.25, -0.2) is 0 Å². The molecule has 0 radical (unpaired) electrons. The molecule has 0 heterocycles. The van der Waals surface area contributed by atoms with Crippen LogP contribution in [0.25, 0.3) is 0 Å². The zero-order valence-electron chi connectivity index (χ0n) is 12.8. The maximum atomic E-state index is 12.7. The molecule has 1 saturated carbocycles. The fourth-order valence-corrected chi connectivity index (χ4v) is 2.81. The lowest BCUT2D eigenvalue weighted by molar-refractivity contribution is -0.147. The van der Waals surface area contributed by atoms with Gasteiger partial charge >= 0.3 is 6.18 Å². The first-order valence-electron chi connectivity index (χ1n) is 7.35. The smallest absolute Gasteiger partial charge is 0.312 e. The molecule has 0 spiro atoms. The normalized spacial score (nSPS) is 17.3. The lowest BCUT2D eigenvalue weighted by atomic mass is 9.99. The topological polar surface area (TPSA) is 15.3 Å². The molecule has 2 rings (SSSR count). The molecule has 21 heavy (non-hydrogen) atoms. The summed E-state index contributed by atoms with van der Waals surface area (Å²) in [7, 11) is 1.81.